The Morgan fingerprint density at radius 1 is 1.17 bits per heavy atom. The number of benzene rings is 2. The maximum absolute atomic E-state index is 6.01. The molecule has 7 heteroatoms. The second-order valence-electron chi connectivity index (χ2n) is 7.37. The Morgan fingerprint density at radius 3 is 2.67 bits per heavy atom. The van der Waals surface area contributed by atoms with E-state index in [0.717, 1.165) is 55.4 Å². The van der Waals surface area contributed by atoms with Crippen LogP contribution in [0.5, 0.6) is 11.5 Å². The molecule has 0 atom stereocenters. The third-order valence-corrected chi connectivity index (χ3v) is 5.22. The van der Waals surface area contributed by atoms with Gasteiger partial charge in [-0.1, -0.05) is 12.1 Å². The monoisotopic (exact) mass is 412 g/mol. The van der Waals surface area contributed by atoms with Crippen LogP contribution in [0, 0.1) is 0 Å². The number of nitrogens with one attached hydrogen (secondary N) is 1. The van der Waals surface area contributed by atoms with Crippen LogP contribution in [0.15, 0.2) is 53.5 Å². The number of ether oxygens (including phenoxy) is 3. The number of likely N-dealkylation sites (N-methyl/N-ethyl adjacent to an activating group) is 1. The molecule has 162 valence electrons. The number of hydrogen-bond donors (Lipinski definition) is 2. The SMILES string of the molecule is COc1ccc(NC(N)=NCc2cccc(OCCN(C)C3CCOCC3)c2)cc1. The molecular formula is C23H32N4O3. The molecule has 0 spiro atoms. The summed E-state index contributed by atoms with van der Waals surface area (Å²) in [6, 6.07) is 16.1. The van der Waals surface area contributed by atoms with Crippen LogP contribution in [0.2, 0.25) is 0 Å². The summed E-state index contributed by atoms with van der Waals surface area (Å²) in [6.45, 7) is 3.74. The summed E-state index contributed by atoms with van der Waals surface area (Å²) in [7, 11) is 3.80. The topological polar surface area (TPSA) is 81.3 Å². The fourth-order valence-electron chi connectivity index (χ4n) is 3.39. The van der Waals surface area contributed by atoms with Crippen LogP contribution in [-0.4, -0.2) is 57.4 Å². The first-order chi connectivity index (χ1) is 14.6. The normalized spacial score (nSPS) is 15.2. The average molecular weight is 413 g/mol. The third-order valence-electron chi connectivity index (χ3n) is 5.22. The molecule has 1 aliphatic heterocycles. The molecule has 2 aromatic rings. The molecule has 30 heavy (non-hydrogen) atoms. The number of nitrogens with two attached hydrogens (primary N) is 1. The molecule has 3 rings (SSSR count). The molecule has 1 aliphatic rings. The van der Waals surface area contributed by atoms with Gasteiger partial charge in [-0.3, -0.25) is 4.90 Å². The van der Waals surface area contributed by atoms with Crippen LogP contribution in [0.3, 0.4) is 0 Å². The second-order valence-corrected chi connectivity index (χ2v) is 7.37. The van der Waals surface area contributed by atoms with Gasteiger partial charge in [-0.05, 0) is 61.9 Å². The summed E-state index contributed by atoms with van der Waals surface area (Å²) in [5.41, 5.74) is 7.92. The van der Waals surface area contributed by atoms with Gasteiger partial charge in [-0.2, -0.15) is 0 Å². The highest BCUT2D eigenvalue weighted by atomic mass is 16.5. The Hall–Kier alpha value is -2.77. The van der Waals surface area contributed by atoms with Crippen LogP contribution >= 0.6 is 0 Å². The van der Waals surface area contributed by atoms with Gasteiger partial charge in [0.15, 0.2) is 5.96 Å². The summed E-state index contributed by atoms with van der Waals surface area (Å²) in [4.78, 5) is 6.78. The molecule has 7 nitrogen and oxygen atoms in total. The lowest BCUT2D eigenvalue weighted by molar-refractivity contribution is 0.0392. The highest BCUT2D eigenvalue weighted by Crippen LogP contribution is 2.17. The van der Waals surface area contributed by atoms with E-state index in [1.807, 2.05) is 48.5 Å². The zero-order valence-electron chi connectivity index (χ0n) is 17.8. The molecule has 2 aromatic carbocycles. The predicted octanol–water partition coefficient (Wildman–Crippen LogP) is 3.11. The second kappa shape index (κ2) is 11.4. The number of nitrogens with zero attached hydrogens (tertiary/aromatic N) is 2. The standard InChI is InChI=1S/C23H32N4O3/c1-27(20-10-13-29-14-11-20)12-15-30-22-5-3-4-18(16-22)17-25-23(24)26-19-6-8-21(28-2)9-7-19/h3-9,16,20H,10-15,17H2,1-2H3,(H3,24,25,26). The van der Waals surface area contributed by atoms with E-state index >= 15 is 0 Å². The van der Waals surface area contributed by atoms with Crippen LogP contribution < -0.4 is 20.5 Å². The maximum atomic E-state index is 6.01. The number of guanidine groups is 1. The van der Waals surface area contributed by atoms with E-state index in [4.69, 9.17) is 19.9 Å². The molecule has 1 heterocycles. The Morgan fingerprint density at radius 2 is 1.93 bits per heavy atom. The van der Waals surface area contributed by atoms with E-state index in [9.17, 15) is 0 Å². The van der Waals surface area contributed by atoms with E-state index in [1.165, 1.54) is 0 Å². The van der Waals surface area contributed by atoms with Crippen molar-refractivity contribution >= 4 is 11.6 Å². The lowest BCUT2D eigenvalue weighted by Gasteiger charge is -2.31. The Kier molecular flexibility index (Phi) is 8.35. The number of hydrogen-bond acceptors (Lipinski definition) is 5. The van der Waals surface area contributed by atoms with E-state index in [0.29, 0.717) is 25.2 Å². The summed E-state index contributed by atoms with van der Waals surface area (Å²) in [6.07, 6.45) is 2.19. The van der Waals surface area contributed by atoms with Gasteiger partial charge in [-0.25, -0.2) is 4.99 Å². The number of rotatable bonds is 9. The number of anilines is 1. The van der Waals surface area contributed by atoms with Gasteiger partial charge in [0.25, 0.3) is 0 Å². The molecule has 0 radical (unpaired) electrons. The first-order valence-electron chi connectivity index (χ1n) is 10.3. The van der Waals surface area contributed by atoms with E-state index < -0.39 is 0 Å². The minimum absolute atomic E-state index is 0.365. The van der Waals surface area contributed by atoms with Crippen molar-refractivity contribution in [1.82, 2.24) is 4.90 Å². The van der Waals surface area contributed by atoms with Crippen molar-refractivity contribution in [1.29, 1.82) is 0 Å². The zero-order valence-corrected chi connectivity index (χ0v) is 17.8. The van der Waals surface area contributed by atoms with Gasteiger partial charge in [0, 0.05) is 31.5 Å². The van der Waals surface area contributed by atoms with E-state index in [1.54, 1.807) is 7.11 Å². The van der Waals surface area contributed by atoms with Gasteiger partial charge in [-0.15, -0.1) is 0 Å². The number of methoxy groups -OCH3 is 1. The molecule has 0 amide bonds. The van der Waals surface area contributed by atoms with Crippen LogP contribution in [0.25, 0.3) is 0 Å². The number of aliphatic imine (C=N–C) groups is 1. The minimum atomic E-state index is 0.365. The molecule has 1 fully saturated rings. The van der Waals surface area contributed by atoms with Gasteiger partial charge in [0.05, 0.1) is 13.7 Å². The van der Waals surface area contributed by atoms with E-state index in [2.05, 4.69) is 22.3 Å². The zero-order chi connectivity index (χ0) is 21.2. The summed E-state index contributed by atoms with van der Waals surface area (Å²) >= 11 is 0. The molecule has 1 saturated heterocycles. The largest absolute Gasteiger partial charge is 0.497 e. The summed E-state index contributed by atoms with van der Waals surface area (Å²) in [5, 5.41) is 3.08. The summed E-state index contributed by atoms with van der Waals surface area (Å²) < 4.78 is 16.5. The molecule has 0 unspecified atom stereocenters. The first kappa shape index (κ1) is 21.9. The van der Waals surface area contributed by atoms with Crippen LogP contribution in [0.4, 0.5) is 5.69 Å². The van der Waals surface area contributed by atoms with Crippen molar-refractivity contribution in [3.8, 4) is 11.5 Å². The Bertz CT molecular complexity index is 804. The predicted molar refractivity (Wildman–Crippen MR) is 120 cm³/mol. The molecule has 0 bridgehead atoms. The fraction of sp³-hybridized carbons (Fsp3) is 0.435. The van der Waals surface area contributed by atoms with Crippen molar-refractivity contribution in [3.63, 3.8) is 0 Å². The third kappa shape index (κ3) is 6.93. The van der Waals surface area contributed by atoms with Crippen molar-refractivity contribution in [2.45, 2.75) is 25.4 Å². The lowest BCUT2D eigenvalue weighted by atomic mass is 10.1. The molecule has 3 N–H and O–H groups in total. The highest BCUT2D eigenvalue weighted by Gasteiger charge is 2.17. The maximum Gasteiger partial charge on any atom is 0.193 e. The molecular weight excluding hydrogens is 380 g/mol. The van der Waals surface area contributed by atoms with Crippen molar-refractivity contribution in [3.05, 3.63) is 54.1 Å². The van der Waals surface area contributed by atoms with Crippen LogP contribution in [0.1, 0.15) is 18.4 Å². The highest BCUT2D eigenvalue weighted by molar-refractivity contribution is 5.92. The fourth-order valence-corrected chi connectivity index (χ4v) is 3.39. The lowest BCUT2D eigenvalue weighted by Crippen LogP contribution is -2.38. The minimum Gasteiger partial charge on any atom is -0.497 e. The quantitative estimate of drug-likeness (QED) is 0.487. The van der Waals surface area contributed by atoms with Crippen molar-refractivity contribution in [2.75, 3.05) is 45.8 Å². The van der Waals surface area contributed by atoms with Crippen molar-refractivity contribution < 1.29 is 14.2 Å². The Balaban J connectivity index is 1.45. The summed E-state index contributed by atoms with van der Waals surface area (Å²) in [5.74, 6) is 2.01. The molecule has 0 saturated carbocycles. The van der Waals surface area contributed by atoms with Gasteiger partial charge in [0.1, 0.15) is 18.1 Å². The van der Waals surface area contributed by atoms with Gasteiger partial charge in [0.2, 0.25) is 0 Å². The Labute approximate surface area is 178 Å². The van der Waals surface area contributed by atoms with Gasteiger partial charge >= 0.3 is 0 Å². The first-order valence-corrected chi connectivity index (χ1v) is 10.3. The average Bonchev–Trinajstić information content (AvgIpc) is 2.79. The van der Waals surface area contributed by atoms with Crippen molar-refractivity contribution in [2.24, 2.45) is 10.7 Å². The smallest absolute Gasteiger partial charge is 0.193 e. The molecule has 0 aliphatic carbocycles. The van der Waals surface area contributed by atoms with Gasteiger partial charge < -0.3 is 25.3 Å². The molecule has 0 aromatic heterocycles. The van der Waals surface area contributed by atoms with Crippen LogP contribution in [-0.2, 0) is 11.3 Å². The van der Waals surface area contributed by atoms with E-state index in [-0.39, 0.29) is 0 Å².